The minimum absolute atomic E-state index is 0.253. The van der Waals surface area contributed by atoms with Gasteiger partial charge in [-0.1, -0.05) is 36.4 Å². The predicted octanol–water partition coefficient (Wildman–Crippen LogP) is 6.21. The van der Waals surface area contributed by atoms with Crippen LogP contribution in [0.2, 0.25) is 0 Å². The molecule has 132 valence electrons. The maximum atomic E-state index is 13.5. The van der Waals surface area contributed by atoms with Crippen molar-refractivity contribution in [2.75, 3.05) is 6.61 Å². The van der Waals surface area contributed by atoms with Crippen LogP contribution in [0.5, 0.6) is 5.75 Å². The Kier molecular flexibility index (Phi) is 3.68. The van der Waals surface area contributed by atoms with Gasteiger partial charge in [-0.05, 0) is 69.8 Å². The molecule has 0 fully saturated rings. The molecule has 0 aromatic heterocycles. The van der Waals surface area contributed by atoms with Crippen molar-refractivity contribution in [3.63, 3.8) is 0 Å². The van der Waals surface area contributed by atoms with E-state index in [1.54, 1.807) is 12.1 Å². The summed E-state index contributed by atoms with van der Waals surface area (Å²) >= 11 is 0. The van der Waals surface area contributed by atoms with E-state index in [4.69, 9.17) is 4.74 Å². The predicted molar refractivity (Wildman–Crippen MR) is 104 cm³/mol. The normalized spacial score (nSPS) is 16.4. The van der Waals surface area contributed by atoms with Crippen LogP contribution in [-0.4, -0.2) is 6.61 Å². The molecule has 1 aliphatic heterocycles. The zero-order valence-electron chi connectivity index (χ0n) is 14.5. The molecule has 3 heteroatoms. The summed E-state index contributed by atoms with van der Waals surface area (Å²) < 4.78 is 32.7. The van der Waals surface area contributed by atoms with Gasteiger partial charge in [-0.3, -0.25) is 0 Å². The lowest BCUT2D eigenvalue weighted by molar-refractivity contribution is 0.317. The molecular weight excluding hydrogens is 342 g/mol. The number of ether oxygens (including phenoxy) is 1. The largest absolute Gasteiger partial charge is 0.493 e. The van der Waals surface area contributed by atoms with Gasteiger partial charge in [-0.25, -0.2) is 8.78 Å². The summed E-state index contributed by atoms with van der Waals surface area (Å²) in [6, 6.07) is 19.1. The monoisotopic (exact) mass is 358 g/mol. The van der Waals surface area contributed by atoms with Crippen LogP contribution in [0.15, 0.2) is 66.7 Å². The van der Waals surface area contributed by atoms with Gasteiger partial charge < -0.3 is 4.74 Å². The Hall–Kier alpha value is -3.20. The Bertz CT molecular complexity index is 1090. The molecule has 1 nitrogen and oxygen atoms in total. The molecule has 3 aromatic carbocycles. The first-order valence-corrected chi connectivity index (χ1v) is 8.94. The van der Waals surface area contributed by atoms with E-state index in [0.717, 1.165) is 45.6 Å². The zero-order valence-corrected chi connectivity index (χ0v) is 14.5. The van der Waals surface area contributed by atoms with Crippen molar-refractivity contribution in [1.29, 1.82) is 0 Å². The van der Waals surface area contributed by atoms with Gasteiger partial charge in [0.1, 0.15) is 17.4 Å². The molecule has 5 rings (SSSR count). The molecule has 27 heavy (non-hydrogen) atoms. The van der Waals surface area contributed by atoms with E-state index in [1.807, 2.05) is 24.3 Å². The van der Waals surface area contributed by atoms with Crippen molar-refractivity contribution >= 4 is 22.8 Å². The second-order valence-corrected chi connectivity index (χ2v) is 6.75. The van der Waals surface area contributed by atoms with Crippen LogP contribution in [0.1, 0.15) is 28.7 Å². The van der Waals surface area contributed by atoms with Gasteiger partial charge >= 0.3 is 0 Å². The number of hydrogen-bond acceptors (Lipinski definition) is 1. The van der Waals surface area contributed by atoms with Gasteiger partial charge in [0.05, 0.1) is 6.61 Å². The summed E-state index contributed by atoms with van der Waals surface area (Å²) in [5.74, 6) is 0.375. The van der Waals surface area contributed by atoms with E-state index >= 15 is 0 Å². The van der Waals surface area contributed by atoms with E-state index in [0.29, 0.717) is 6.61 Å². The van der Waals surface area contributed by atoms with Gasteiger partial charge in [0.25, 0.3) is 0 Å². The first kappa shape index (κ1) is 16.0. The zero-order chi connectivity index (χ0) is 18.4. The topological polar surface area (TPSA) is 9.23 Å². The Balaban J connectivity index is 1.77. The molecule has 1 aliphatic carbocycles. The molecule has 0 radical (unpaired) electrons. The third-order valence-electron chi connectivity index (χ3n) is 5.11. The summed E-state index contributed by atoms with van der Waals surface area (Å²) in [6.45, 7) is 0.625. The van der Waals surface area contributed by atoms with Crippen LogP contribution in [0.4, 0.5) is 8.78 Å². The van der Waals surface area contributed by atoms with Gasteiger partial charge in [-0.15, -0.1) is 0 Å². The van der Waals surface area contributed by atoms with E-state index in [1.165, 1.54) is 29.8 Å². The Labute approximate surface area is 156 Å². The highest BCUT2D eigenvalue weighted by atomic mass is 19.1. The lowest BCUT2D eigenvalue weighted by Crippen LogP contribution is -2.07. The maximum absolute atomic E-state index is 13.5. The van der Waals surface area contributed by atoms with Gasteiger partial charge in [0, 0.05) is 12.0 Å². The minimum Gasteiger partial charge on any atom is -0.493 e. The molecule has 0 spiro atoms. The van der Waals surface area contributed by atoms with Crippen LogP contribution >= 0.6 is 0 Å². The molecule has 0 bridgehead atoms. The Morgan fingerprint density at radius 1 is 0.815 bits per heavy atom. The van der Waals surface area contributed by atoms with Crippen LogP contribution in [0.3, 0.4) is 0 Å². The number of halogens is 2. The number of rotatable bonds is 2. The quantitative estimate of drug-likeness (QED) is 0.529. The third kappa shape index (κ3) is 2.67. The molecule has 0 saturated heterocycles. The van der Waals surface area contributed by atoms with E-state index in [-0.39, 0.29) is 11.6 Å². The standard InChI is InChI=1S/C24H16F2O/c25-17-8-4-15(5-9-17)14-21-19-2-1-3-22-24(19)20(12-13-27-22)23(21)16-6-10-18(26)11-7-16/h1-11,14H,12-13H2/b21-14+. The second-order valence-electron chi connectivity index (χ2n) is 6.75. The summed E-state index contributed by atoms with van der Waals surface area (Å²) in [7, 11) is 0. The molecular formula is C24H16F2O. The number of allylic oxidation sites excluding steroid dienone is 2. The fraction of sp³-hybridized carbons (Fsp3) is 0.0833. The molecule has 0 saturated carbocycles. The van der Waals surface area contributed by atoms with E-state index in [2.05, 4.69) is 12.1 Å². The molecule has 0 N–H and O–H groups in total. The highest BCUT2D eigenvalue weighted by molar-refractivity contribution is 6.25. The maximum Gasteiger partial charge on any atom is 0.127 e. The lowest BCUT2D eigenvalue weighted by atomic mass is 9.94. The van der Waals surface area contributed by atoms with Gasteiger partial charge in [0.2, 0.25) is 0 Å². The van der Waals surface area contributed by atoms with Crippen molar-refractivity contribution in [3.8, 4) is 5.75 Å². The molecule has 0 unspecified atom stereocenters. The summed E-state index contributed by atoms with van der Waals surface area (Å²) in [6.07, 6.45) is 2.87. The second kappa shape index (κ2) is 6.20. The average molecular weight is 358 g/mol. The summed E-state index contributed by atoms with van der Waals surface area (Å²) in [5, 5.41) is 0. The number of benzene rings is 3. The first-order valence-electron chi connectivity index (χ1n) is 8.94. The van der Waals surface area contributed by atoms with Crippen LogP contribution in [0, 0.1) is 11.6 Å². The Morgan fingerprint density at radius 2 is 1.52 bits per heavy atom. The van der Waals surface area contributed by atoms with Crippen molar-refractivity contribution in [2.24, 2.45) is 0 Å². The van der Waals surface area contributed by atoms with E-state index in [9.17, 15) is 8.78 Å². The van der Waals surface area contributed by atoms with Crippen LogP contribution in [-0.2, 0) is 0 Å². The van der Waals surface area contributed by atoms with Gasteiger partial charge in [0.15, 0.2) is 0 Å². The van der Waals surface area contributed by atoms with Crippen molar-refractivity contribution in [2.45, 2.75) is 6.42 Å². The summed E-state index contributed by atoms with van der Waals surface area (Å²) in [5.41, 5.74) is 7.51. The van der Waals surface area contributed by atoms with Crippen LogP contribution < -0.4 is 4.74 Å². The summed E-state index contributed by atoms with van der Waals surface area (Å²) in [4.78, 5) is 0. The molecule has 0 atom stereocenters. The molecule has 3 aromatic rings. The van der Waals surface area contributed by atoms with Crippen molar-refractivity contribution < 1.29 is 13.5 Å². The van der Waals surface area contributed by atoms with E-state index < -0.39 is 0 Å². The number of hydrogen-bond donors (Lipinski definition) is 0. The average Bonchev–Trinajstić information content (AvgIpc) is 3.00. The SMILES string of the molecule is Fc1ccc(/C=C2/C(c3ccc(F)cc3)=C3CCOc4cccc2c43)cc1. The highest BCUT2D eigenvalue weighted by Crippen LogP contribution is 2.53. The lowest BCUT2D eigenvalue weighted by Gasteiger charge is -2.19. The van der Waals surface area contributed by atoms with Gasteiger partial charge in [-0.2, -0.15) is 0 Å². The minimum atomic E-state index is -0.257. The molecule has 0 amide bonds. The van der Waals surface area contributed by atoms with Crippen molar-refractivity contribution in [1.82, 2.24) is 0 Å². The fourth-order valence-electron chi connectivity index (χ4n) is 3.94. The first-order chi connectivity index (χ1) is 13.2. The molecule has 1 heterocycles. The third-order valence-corrected chi connectivity index (χ3v) is 5.11. The molecule has 2 aliphatic rings. The fourth-order valence-corrected chi connectivity index (χ4v) is 3.94. The smallest absolute Gasteiger partial charge is 0.127 e. The Morgan fingerprint density at radius 3 is 2.26 bits per heavy atom. The van der Waals surface area contributed by atoms with Crippen LogP contribution in [0.25, 0.3) is 22.8 Å². The highest BCUT2D eigenvalue weighted by Gasteiger charge is 2.32. The van der Waals surface area contributed by atoms with Crippen molar-refractivity contribution in [3.05, 3.63) is 101 Å².